The molecule has 1 rings (SSSR count). The molecule has 3 N–H and O–H groups in total. The second-order valence-electron chi connectivity index (χ2n) is 15.5. The normalized spacial score (nSPS) is 17.3. The minimum Gasteiger partial charge on any atom is -0.462 e. The number of hydrogen-bond acceptors (Lipinski definition) is 8. The molecule has 0 saturated heterocycles. The number of aliphatic hydroxyl groups is 1. The Kier molecular flexibility index (Phi) is 29.6. The van der Waals surface area contributed by atoms with Gasteiger partial charge in [0.25, 0.3) is 0 Å². The number of esters is 2. The highest BCUT2D eigenvalue weighted by Gasteiger charge is 2.27. The standard InChI is InChI=1S/C43H75O10P/c1-4-5-20-27-38(44)31-32-40-37(30-33-41(40)45)26-22-18-19-24-29-43(47)53-39(35-52-54(48,49)50)34-51-42(46)28-23-17-15-13-11-9-7-6-8-10-12-14-16-21-25-36(2)3/h18,22,30-33,36-40,44H,4-17,19-21,23-29,34-35H2,1-3H3,(H2,48,49,50)/b22-18-,32-31+/t37-,38-,39+,40+/m0/s1. The Morgan fingerprint density at radius 3 is 1.94 bits per heavy atom. The fourth-order valence-corrected chi connectivity index (χ4v) is 6.91. The van der Waals surface area contributed by atoms with E-state index in [0.29, 0.717) is 32.1 Å². The first-order valence-corrected chi connectivity index (χ1v) is 22.7. The molecule has 312 valence electrons. The average molecular weight is 783 g/mol. The van der Waals surface area contributed by atoms with E-state index < -0.39 is 38.6 Å². The van der Waals surface area contributed by atoms with Gasteiger partial charge in [-0.1, -0.05) is 160 Å². The quantitative estimate of drug-likeness (QED) is 0.0245. The molecule has 4 atom stereocenters. The Labute approximate surface area is 327 Å². The number of unbranched alkanes of at least 4 members (excludes halogenated alkanes) is 16. The van der Waals surface area contributed by atoms with E-state index in [-0.39, 0.29) is 37.1 Å². The molecule has 0 aromatic heterocycles. The van der Waals surface area contributed by atoms with Crippen LogP contribution in [0.15, 0.2) is 36.5 Å². The number of carbonyl (C=O) groups excluding carboxylic acids is 3. The summed E-state index contributed by atoms with van der Waals surface area (Å²) in [4.78, 5) is 55.4. The SMILES string of the molecule is CCCCC[C@H](O)/C=C/[C@H]1C(=O)C=C[C@@H]1C/C=C\CCCC(=O)O[C@H](COC(=O)CCCCCCCCCCCCCCCCC(C)C)COP(=O)(O)O. The molecule has 0 amide bonds. The molecular formula is C43H75O10P. The minimum atomic E-state index is -4.81. The molecule has 0 fully saturated rings. The number of ether oxygens (including phenoxy) is 2. The summed E-state index contributed by atoms with van der Waals surface area (Å²) < 4.78 is 26.4. The summed E-state index contributed by atoms with van der Waals surface area (Å²) in [7, 11) is -4.81. The second kappa shape index (κ2) is 32.0. The van der Waals surface area contributed by atoms with Crippen LogP contribution in [0.25, 0.3) is 0 Å². The largest absolute Gasteiger partial charge is 0.469 e. The van der Waals surface area contributed by atoms with Crippen LogP contribution in [0.3, 0.4) is 0 Å². The van der Waals surface area contributed by atoms with Crippen LogP contribution in [0.5, 0.6) is 0 Å². The number of phosphoric ester groups is 1. The van der Waals surface area contributed by atoms with Gasteiger partial charge in [-0.2, -0.15) is 0 Å². The Balaban J connectivity index is 2.23. The zero-order valence-corrected chi connectivity index (χ0v) is 34.8. The van der Waals surface area contributed by atoms with Crippen molar-refractivity contribution >= 4 is 25.5 Å². The Bertz CT molecular complexity index is 1130. The van der Waals surface area contributed by atoms with Crippen LogP contribution in [0.2, 0.25) is 0 Å². The van der Waals surface area contributed by atoms with Crippen molar-refractivity contribution in [3.63, 3.8) is 0 Å². The van der Waals surface area contributed by atoms with Crippen molar-refractivity contribution in [2.75, 3.05) is 13.2 Å². The summed E-state index contributed by atoms with van der Waals surface area (Å²) in [6.45, 7) is 5.76. The molecule has 0 aromatic carbocycles. The fraction of sp³-hybridized carbons (Fsp3) is 0.791. The Morgan fingerprint density at radius 2 is 1.35 bits per heavy atom. The van der Waals surface area contributed by atoms with E-state index in [1.165, 1.54) is 70.6 Å². The van der Waals surface area contributed by atoms with Crippen LogP contribution in [0.4, 0.5) is 0 Å². The lowest BCUT2D eigenvalue weighted by atomic mass is 9.90. The summed E-state index contributed by atoms with van der Waals surface area (Å²) in [5.41, 5.74) is 0. The number of carbonyl (C=O) groups is 3. The van der Waals surface area contributed by atoms with Crippen molar-refractivity contribution in [1.82, 2.24) is 0 Å². The van der Waals surface area contributed by atoms with Crippen molar-refractivity contribution < 1.29 is 47.8 Å². The van der Waals surface area contributed by atoms with E-state index in [0.717, 1.165) is 44.4 Å². The van der Waals surface area contributed by atoms with Gasteiger partial charge in [0.1, 0.15) is 6.61 Å². The highest BCUT2D eigenvalue weighted by Crippen LogP contribution is 2.36. The first kappa shape index (κ1) is 49.9. The van der Waals surface area contributed by atoms with E-state index in [2.05, 4.69) is 25.3 Å². The van der Waals surface area contributed by atoms with Gasteiger partial charge in [-0.05, 0) is 50.0 Å². The Hall–Kier alpha value is -2.10. The summed E-state index contributed by atoms with van der Waals surface area (Å²) in [5.74, 6) is -0.447. The van der Waals surface area contributed by atoms with Crippen molar-refractivity contribution in [3.05, 3.63) is 36.5 Å². The molecule has 11 heteroatoms. The lowest BCUT2D eigenvalue weighted by Crippen LogP contribution is -2.29. The number of allylic oxidation sites excluding steroid dienone is 5. The summed E-state index contributed by atoms with van der Waals surface area (Å²) in [6.07, 6.45) is 33.5. The van der Waals surface area contributed by atoms with Gasteiger partial charge in [0.15, 0.2) is 11.9 Å². The smallest absolute Gasteiger partial charge is 0.462 e. The van der Waals surface area contributed by atoms with Crippen LogP contribution in [-0.2, 0) is 32.9 Å². The maximum absolute atomic E-state index is 12.5. The highest BCUT2D eigenvalue weighted by atomic mass is 31.2. The minimum absolute atomic E-state index is 0.0174. The van der Waals surface area contributed by atoms with Gasteiger partial charge in [0, 0.05) is 18.8 Å². The first-order chi connectivity index (χ1) is 25.9. The van der Waals surface area contributed by atoms with Crippen LogP contribution >= 0.6 is 7.82 Å². The van der Waals surface area contributed by atoms with Crippen molar-refractivity contribution in [1.29, 1.82) is 0 Å². The predicted octanol–water partition coefficient (Wildman–Crippen LogP) is 10.4. The van der Waals surface area contributed by atoms with E-state index in [9.17, 15) is 24.1 Å². The molecule has 0 bridgehead atoms. The van der Waals surface area contributed by atoms with Crippen LogP contribution in [0.1, 0.15) is 175 Å². The van der Waals surface area contributed by atoms with Gasteiger partial charge >= 0.3 is 19.8 Å². The summed E-state index contributed by atoms with van der Waals surface area (Å²) in [5, 5.41) is 10.2. The van der Waals surface area contributed by atoms with Gasteiger partial charge < -0.3 is 24.4 Å². The predicted molar refractivity (Wildman–Crippen MR) is 216 cm³/mol. The molecule has 54 heavy (non-hydrogen) atoms. The molecule has 0 unspecified atom stereocenters. The van der Waals surface area contributed by atoms with E-state index in [1.54, 1.807) is 12.2 Å². The monoisotopic (exact) mass is 783 g/mol. The number of hydrogen-bond donors (Lipinski definition) is 3. The molecule has 0 spiro atoms. The molecule has 0 saturated carbocycles. The number of aliphatic hydroxyl groups excluding tert-OH is 1. The molecule has 0 heterocycles. The molecule has 0 aromatic rings. The zero-order chi connectivity index (χ0) is 39.9. The van der Waals surface area contributed by atoms with Gasteiger partial charge in [-0.3, -0.25) is 18.9 Å². The van der Waals surface area contributed by atoms with Crippen LogP contribution in [0, 0.1) is 17.8 Å². The van der Waals surface area contributed by atoms with Crippen molar-refractivity contribution in [2.24, 2.45) is 17.8 Å². The third-order valence-electron chi connectivity index (χ3n) is 9.84. The Morgan fingerprint density at radius 1 is 0.778 bits per heavy atom. The third kappa shape index (κ3) is 29.2. The van der Waals surface area contributed by atoms with Gasteiger partial charge in [0.2, 0.25) is 0 Å². The number of ketones is 1. The molecule has 0 aliphatic heterocycles. The zero-order valence-electron chi connectivity index (χ0n) is 33.9. The van der Waals surface area contributed by atoms with E-state index in [1.807, 2.05) is 24.3 Å². The van der Waals surface area contributed by atoms with Crippen LogP contribution in [-0.4, -0.2) is 58.0 Å². The van der Waals surface area contributed by atoms with Gasteiger partial charge in [-0.25, -0.2) is 4.57 Å². The fourth-order valence-electron chi connectivity index (χ4n) is 6.55. The number of phosphoric acid groups is 1. The third-order valence-corrected chi connectivity index (χ3v) is 10.3. The van der Waals surface area contributed by atoms with E-state index >= 15 is 0 Å². The maximum atomic E-state index is 12.5. The number of rotatable bonds is 35. The molecule has 1 aliphatic carbocycles. The first-order valence-electron chi connectivity index (χ1n) is 21.2. The summed E-state index contributed by atoms with van der Waals surface area (Å²) in [6, 6.07) is 0. The van der Waals surface area contributed by atoms with E-state index in [4.69, 9.17) is 19.3 Å². The molecule has 0 radical (unpaired) electrons. The molecular weight excluding hydrogens is 707 g/mol. The van der Waals surface area contributed by atoms with Gasteiger partial charge in [0.05, 0.1) is 12.7 Å². The maximum Gasteiger partial charge on any atom is 0.469 e. The molecule has 10 nitrogen and oxygen atoms in total. The topological polar surface area (TPSA) is 157 Å². The van der Waals surface area contributed by atoms with Crippen molar-refractivity contribution in [2.45, 2.75) is 187 Å². The summed E-state index contributed by atoms with van der Waals surface area (Å²) >= 11 is 0. The van der Waals surface area contributed by atoms with Crippen LogP contribution < -0.4 is 0 Å². The average Bonchev–Trinajstić information content (AvgIpc) is 3.47. The molecule has 1 aliphatic rings. The van der Waals surface area contributed by atoms with Crippen molar-refractivity contribution in [3.8, 4) is 0 Å². The lowest BCUT2D eigenvalue weighted by Gasteiger charge is -2.18. The van der Waals surface area contributed by atoms with Gasteiger partial charge in [-0.15, -0.1) is 0 Å². The highest BCUT2D eigenvalue weighted by molar-refractivity contribution is 7.46. The lowest BCUT2D eigenvalue weighted by molar-refractivity contribution is -0.161. The second-order valence-corrected chi connectivity index (χ2v) is 16.7.